The predicted molar refractivity (Wildman–Crippen MR) is 97.1 cm³/mol. The van der Waals surface area contributed by atoms with E-state index < -0.39 is 0 Å². The largest absolute Gasteiger partial charge is 0.356 e. The van der Waals surface area contributed by atoms with Crippen molar-refractivity contribution in [3.8, 4) is 0 Å². The van der Waals surface area contributed by atoms with E-state index in [0.29, 0.717) is 6.04 Å². The smallest absolute Gasteiger partial charge is 0.191 e. The molecule has 2 aliphatic rings. The van der Waals surface area contributed by atoms with Gasteiger partial charge in [-0.1, -0.05) is 26.2 Å². The highest BCUT2D eigenvalue weighted by Gasteiger charge is 2.30. The highest BCUT2D eigenvalue weighted by Crippen LogP contribution is 2.26. The van der Waals surface area contributed by atoms with Crippen LogP contribution in [0.5, 0.6) is 0 Å². The first kappa shape index (κ1) is 18.0. The number of unbranched alkanes of at least 4 members (excludes halogenated alkanes) is 1. The van der Waals surface area contributed by atoms with E-state index in [0.717, 1.165) is 18.5 Å². The average molecular weight is 394 g/mol. The van der Waals surface area contributed by atoms with E-state index >= 15 is 0 Å². The molecule has 20 heavy (non-hydrogen) atoms. The van der Waals surface area contributed by atoms with Crippen molar-refractivity contribution in [2.24, 2.45) is 4.99 Å². The minimum Gasteiger partial charge on any atom is -0.356 e. The Bertz CT molecular complexity index is 290. The van der Waals surface area contributed by atoms with E-state index in [1.54, 1.807) is 0 Å². The second-order valence-electron chi connectivity index (χ2n) is 5.92. The molecular weight excluding hydrogens is 363 g/mol. The minimum atomic E-state index is 0. The third kappa shape index (κ3) is 5.39. The van der Waals surface area contributed by atoms with Crippen molar-refractivity contribution in [1.82, 2.24) is 15.5 Å². The van der Waals surface area contributed by atoms with Crippen LogP contribution in [-0.2, 0) is 0 Å². The second-order valence-corrected chi connectivity index (χ2v) is 5.92. The third-order valence-corrected chi connectivity index (χ3v) is 4.45. The number of nitrogens with one attached hydrogen (secondary N) is 2. The Morgan fingerprint density at radius 3 is 2.65 bits per heavy atom. The quantitative estimate of drug-likeness (QED) is 0.326. The minimum absolute atomic E-state index is 0. The fourth-order valence-corrected chi connectivity index (χ4v) is 3.28. The molecule has 118 valence electrons. The first-order chi connectivity index (χ1) is 9.33. The maximum atomic E-state index is 4.32. The summed E-state index contributed by atoms with van der Waals surface area (Å²) in [6.07, 6.45) is 9.37. The van der Waals surface area contributed by atoms with Crippen molar-refractivity contribution in [2.75, 3.05) is 26.7 Å². The molecule has 2 fully saturated rings. The lowest BCUT2D eigenvalue weighted by Gasteiger charge is -2.24. The number of rotatable bonds is 5. The normalized spacial score (nSPS) is 24.7. The summed E-state index contributed by atoms with van der Waals surface area (Å²) in [4.78, 5) is 7.01. The van der Waals surface area contributed by atoms with Gasteiger partial charge in [0.05, 0.1) is 0 Å². The number of aliphatic imine (C=N–C) groups is 1. The van der Waals surface area contributed by atoms with Crippen LogP contribution in [0, 0.1) is 0 Å². The number of nitrogens with zero attached hydrogens (tertiary/aromatic N) is 2. The highest BCUT2D eigenvalue weighted by atomic mass is 127. The molecule has 0 spiro atoms. The second kappa shape index (κ2) is 9.82. The Hall–Kier alpha value is -0.0400. The van der Waals surface area contributed by atoms with Gasteiger partial charge in [0.15, 0.2) is 5.96 Å². The molecule has 5 heteroatoms. The van der Waals surface area contributed by atoms with Crippen molar-refractivity contribution in [1.29, 1.82) is 0 Å². The first-order valence-electron chi connectivity index (χ1n) is 8.04. The molecule has 2 N–H and O–H groups in total. The summed E-state index contributed by atoms with van der Waals surface area (Å²) in [7, 11) is 1.87. The molecule has 1 aliphatic carbocycles. The Balaban J connectivity index is 0.00000200. The van der Waals surface area contributed by atoms with Crippen LogP contribution < -0.4 is 10.6 Å². The van der Waals surface area contributed by atoms with E-state index in [1.807, 2.05) is 7.05 Å². The molecule has 1 saturated carbocycles. The number of likely N-dealkylation sites (tertiary alicyclic amines) is 1. The lowest BCUT2D eigenvalue weighted by atomic mass is 10.2. The van der Waals surface area contributed by atoms with Crippen LogP contribution in [0.1, 0.15) is 51.9 Å². The topological polar surface area (TPSA) is 39.7 Å². The molecule has 1 unspecified atom stereocenters. The standard InChI is InChI=1S/C15H30N4.HI/c1-3-4-10-17-15(16-2)18-13-9-11-19(12-13)14-7-5-6-8-14;/h13-14H,3-12H2,1-2H3,(H2,16,17,18);1H. The number of hydrogen-bond acceptors (Lipinski definition) is 2. The van der Waals surface area contributed by atoms with E-state index in [1.165, 1.54) is 58.0 Å². The van der Waals surface area contributed by atoms with Crippen LogP contribution in [0.2, 0.25) is 0 Å². The molecule has 1 atom stereocenters. The molecule has 0 aromatic heterocycles. The molecule has 2 rings (SSSR count). The number of hydrogen-bond donors (Lipinski definition) is 2. The highest BCUT2D eigenvalue weighted by molar-refractivity contribution is 14.0. The third-order valence-electron chi connectivity index (χ3n) is 4.45. The molecular formula is C15H31IN4. The lowest BCUT2D eigenvalue weighted by Crippen LogP contribution is -2.45. The Morgan fingerprint density at radius 2 is 2.00 bits per heavy atom. The Kier molecular flexibility index (Phi) is 8.84. The van der Waals surface area contributed by atoms with E-state index in [9.17, 15) is 0 Å². The van der Waals surface area contributed by atoms with Gasteiger partial charge in [0.1, 0.15) is 0 Å². The molecule has 4 nitrogen and oxygen atoms in total. The van der Waals surface area contributed by atoms with Crippen molar-refractivity contribution < 1.29 is 0 Å². The Labute approximate surface area is 141 Å². The summed E-state index contributed by atoms with van der Waals surface area (Å²) in [5, 5.41) is 6.98. The summed E-state index contributed by atoms with van der Waals surface area (Å²) in [6.45, 7) is 5.69. The van der Waals surface area contributed by atoms with Gasteiger partial charge in [-0.15, -0.1) is 24.0 Å². The summed E-state index contributed by atoms with van der Waals surface area (Å²) in [5.74, 6) is 0.978. The van der Waals surface area contributed by atoms with Gasteiger partial charge in [-0.3, -0.25) is 9.89 Å². The van der Waals surface area contributed by atoms with Gasteiger partial charge in [0, 0.05) is 38.8 Å². The van der Waals surface area contributed by atoms with E-state index in [2.05, 4.69) is 27.4 Å². The lowest BCUT2D eigenvalue weighted by molar-refractivity contribution is 0.242. The summed E-state index contributed by atoms with van der Waals surface area (Å²) in [5.41, 5.74) is 0. The van der Waals surface area contributed by atoms with E-state index in [4.69, 9.17) is 0 Å². The van der Waals surface area contributed by atoms with Crippen molar-refractivity contribution in [3.05, 3.63) is 0 Å². The van der Waals surface area contributed by atoms with Crippen molar-refractivity contribution in [2.45, 2.75) is 64.0 Å². The molecule has 1 saturated heterocycles. The summed E-state index contributed by atoms with van der Waals surface area (Å²) >= 11 is 0. The zero-order valence-electron chi connectivity index (χ0n) is 13.0. The predicted octanol–water partition coefficient (Wildman–Crippen LogP) is 2.59. The number of guanidine groups is 1. The van der Waals surface area contributed by atoms with Crippen LogP contribution in [0.4, 0.5) is 0 Å². The van der Waals surface area contributed by atoms with Crippen LogP contribution in [0.3, 0.4) is 0 Å². The van der Waals surface area contributed by atoms with Crippen LogP contribution in [0.25, 0.3) is 0 Å². The van der Waals surface area contributed by atoms with Gasteiger partial charge in [-0.2, -0.15) is 0 Å². The van der Waals surface area contributed by atoms with Crippen LogP contribution in [0.15, 0.2) is 4.99 Å². The molecule has 0 aromatic rings. The SMILES string of the molecule is CCCCNC(=NC)NC1CCN(C2CCCC2)C1.I. The summed E-state index contributed by atoms with van der Waals surface area (Å²) < 4.78 is 0. The number of halogens is 1. The van der Waals surface area contributed by atoms with Crippen LogP contribution >= 0.6 is 24.0 Å². The first-order valence-corrected chi connectivity index (χ1v) is 8.04. The molecule has 1 heterocycles. The van der Waals surface area contributed by atoms with Gasteiger partial charge in [-0.25, -0.2) is 0 Å². The maximum absolute atomic E-state index is 4.32. The molecule has 0 radical (unpaired) electrons. The van der Waals surface area contributed by atoms with Gasteiger partial charge >= 0.3 is 0 Å². The van der Waals surface area contributed by atoms with Crippen LogP contribution in [-0.4, -0.2) is 49.6 Å². The maximum Gasteiger partial charge on any atom is 0.191 e. The fraction of sp³-hybridized carbons (Fsp3) is 0.933. The van der Waals surface area contributed by atoms with E-state index in [-0.39, 0.29) is 24.0 Å². The zero-order valence-corrected chi connectivity index (χ0v) is 15.4. The molecule has 1 aliphatic heterocycles. The molecule has 0 aromatic carbocycles. The van der Waals surface area contributed by atoms with Gasteiger partial charge in [0.2, 0.25) is 0 Å². The fourth-order valence-electron chi connectivity index (χ4n) is 3.28. The van der Waals surface area contributed by atoms with Crippen molar-refractivity contribution in [3.63, 3.8) is 0 Å². The Morgan fingerprint density at radius 1 is 1.25 bits per heavy atom. The monoisotopic (exact) mass is 394 g/mol. The van der Waals surface area contributed by atoms with Gasteiger partial charge < -0.3 is 10.6 Å². The van der Waals surface area contributed by atoms with Gasteiger partial charge in [-0.05, 0) is 25.7 Å². The van der Waals surface area contributed by atoms with Gasteiger partial charge in [0.25, 0.3) is 0 Å². The molecule has 0 amide bonds. The van der Waals surface area contributed by atoms with Crippen molar-refractivity contribution >= 4 is 29.9 Å². The average Bonchev–Trinajstić information content (AvgIpc) is 3.08. The summed E-state index contributed by atoms with van der Waals surface area (Å²) in [6, 6.07) is 1.44. The molecule has 0 bridgehead atoms. The zero-order chi connectivity index (χ0) is 13.5.